The number of benzene rings is 1. The molecule has 1 aliphatic heterocycles. The van der Waals surface area contributed by atoms with Crippen LogP contribution in [-0.2, 0) is 16.6 Å². The molecule has 0 saturated carbocycles. The molecule has 0 radical (unpaired) electrons. The molecule has 1 heteroatoms. The van der Waals surface area contributed by atoms with Crippen molar-refractivity contribution in [2.45, 2.75) is 64.6 Å². The predicted molar refractivity (Wildman–Crippen MR) is 72.4 cm³/mol. The van der Waals surface area contributed by atoms with Gasteiger partial charge in [-0.25, -0.2) is 0 Å². The average Bonchev–Trinajstić information content (AvgIpc) is 2.63. The third kappa shape index (κ3) is 3.32. The summed E-state index contributed by atoms with van der Waals surface area (Å²) in [5.74, 6) is 0. The van der Waals surface area contributed by atoms with Crippen LogP contribution in [0.3, 0.4) is 0 Å². The van der Waals surface area contributed by atoms with E-state index in [9.17, 15) is 0 Å². The summed E-state index contributed by atoms with van der Waals surface area (Å²) in [4.78, 5) is 0. The smallest absolute Gasteiger partial charge is 0.0620 e. The molecule has 1 saturated heterocycles. The minimum atomic E-state index is 0.247. The van der Waals surface area contributed by atoms with Crippen molar-refractivity contribution in [3.63, 3.8) is 0 Å². The van der Waals surface area contributed by atoms with Crippen LogP contribution in [0.1, 0.15) is 51.7 Å². The summed E-state index contributed by atoms with van der Waals surface area (Å²) in [6.45, 7) is 8.93. The highest BCUT2D eigenvalue weighted by molar-refractivity contribution is 5.27. The Hall–Kier alpha value is -0.820. The Balaban J connectivity index is 1.99. The molecule has 1 fully saturated rings. The van der Waals surface area contributed by atoms with Gasteiger partial charge in [0.1, 0.15) is 0 Å². The van der Waals surface area contributed by atoms with Crippen LogP contribution < -0.4 is 0 Å². The lowest BCUT2D eigenvalue weighted by molar-refractivity contribution is 0.0564. The maximum absolute atomic E-state index is 5.86. The summed E-state index contributed by atoms with van der Waals surface area (Å²) in [6, 6.07) is 9.03. The van der Waals surface area contributed by atoms with Crippen molar-refractivity contribution in [3.8, 4) is 0 Å². The van der Waals surface area contributed by atoms with Crippen molar-refractivity contribution in [2.24, 2.45) is 0 Å². The lowest BCUT2D eigenvalue weighted by Gasteiger charge is -2.19. The van der Waals surface area contributed by atoms with Crippen molar-refractivity contribution >= 4 is 0 Å². The van der Waals surface area contributed by atoms with Gasteiger partial charge in [0.25, 0.3) is 0 Å². The molecule has 0 bridgehead atoms. The molecule has 1 heterocycles. The van der Waals surface area contributed by atoms with Crippen LogP contribution in [0.25, 0.3) is 0 Å². The van der Waals surface area contributed by atoms with E-state index >= 15 is 0 Å². The van der Waals surface area contributed by atoms with Gasteiger partial charge in [0.05, 0.1) is 12.2 Å². The van der Waals surface area contributed by atoms with E-state index in [0.717, 1.165) is 6.42 Å². The lowest BCUT2D eigenvalue weighted by Crippen LogP contribution is -2.13. The highest BCUT2D eigenvalue weighted by atomic mass is 16.5. The minimum Gasteiger partial charge on any atom is -0.375 e. The molecule has 0 unspecified atom stereocenters. The van der Waals surface area contributed by atoms with Crippen molar-refractivity contribution in [2.75, 3.05) is 0 Å². The van der Waals surface area contributed by atoms with Crippen LogP contribution in [0.4, 0.5) is 0 Å². The largest absolute Gasteiger partial charge is 0.375 e. The Morgan fingerprint density at radius 1 is 1.12 bits per heavy atom. The molecule has 0 amide bonds. The molecule has 2 rings (SSSR count). The molecular formula is C16H24O. The summed E-state index contributed by atoms with van der Waals surface area (Å²) in [7, 11) is 0. The second-order valence-electron chi connectivity index (χ2n) is 6.30. The van der Waals surface area contributed by atoms with Crippen LogP contribution in [0.2, 0.25) is 0 Å². The molecule has 1 nitrogen and oxygen atoms in total. The Bertz CT molecular complexity index is 358. The van der Waals surface area contributed by atoms with Crippen LogP contribution >= 0.6 is 0 Å². The summed E-state index contributed by atoms with van der Waals surface area (Å²) in [5, 5.41) is 0. The van der Waals surface area contributed by atoms with Crippen LogP contribution in [-0.4, -0.2) is 12.2 Å². The van der Waals surface area contributed by atoms with E-state index in [1.54, 1.807) is 0 Å². The van der Waals surface area contributed by atoms with Crippen LogP contribution in [0.5, 0.6) is 0 Å². The van der Waals surface area contributed by atoms with Gasteiger partial charge in [-0.05, 0) is 42.7 Å². The zero-order chi connectivity index (χ0) is 12.5. The second kappa shape index (κ2) is 4.81. The molecule has 0 aliphatic carbocycles. The molecule has 2 atom stereocenters. The first kappa shape index (κ1) is 12.6. The van der Waals surface area contributed by atoms with E-state index in [2.05, 4.69) is 52.0 Å². The monoisotopic (exact) mass is 232 g/mol. The number of hydrogen-bond donors (Lipinski definition) is 0. The molecule has 1 aromatic rings. The van der Waals surface area contributed by atoms with Crippen LogP contribution in [0.15, 0.2) is 24.3 Å². The lowest BCUT2D eigenvalue weighted by atomic mass is 9.86. The fourth-order valence-corrected chi connectivity index (χ4v) is 2.44. The summed E-state index contributed by atoms with van der Waals surface area (Å²) < 4.78 is 5.86. The highest BCUT2D eigenvalue weighted by Gasteiger charge is 2.22. The van der Waals surface area contributed by atoms with E-state index in [1.807, 2.05) is 0 Å². The third-order valence-electron chi connectivity index (χ3n) is 3.60. The fourth-order valence-electron chi connectivity index (χ4n) is 2.44. The maximum atomic E-state index is 5.86. The van der Waals surface area contributed by atoms with Crippen molar-refractivity contribution < 1.29 is 4.74 Å². The van der Waals surface area contributed by atoms with Gasteiger partial charge in [-0.15, -0.1) is 0 Å². The van der Waals surface area contributed by atoms with Gasteiger partial charge in [-0.3, -0.25) is 0 Å². The van der Waals surface area contributed by atoms with Crippen molar-refractivity contribution in [1.82, 2.24) is 0 Å². The maximum Gasteiger partial charge on any atom is 0.0620 e. The second-order valence-corrected chi connectivity index (χ2v) is 6.30. The van der Waals surface area contributed by atoms with Gasteiger partial charge < -0.3 is 4.74 Å². The van der Waals surface area contributed by atoms with Gasteiger partial charge >= 0.3 is 0 Å². The zero-order valence-corrected chi connectivity index (χ0v) is 11.5. The van der Waals surface area contributed by atoms with Gasteiger partial charge in [0, 0.05) is 0 Å². The first-order valence-electron chi connectivity index (χ1n) is 6.70. The summed E-state index contributed by atoms with van der Waals surface area (Å²) >= 11 is 0. The Kier molecular flexibility index (Phi) is 3.58. The van der Waals surface area contributed by atoms with E-state index in [0.29, 0.717) is 12.2 Å². The molecule has 0 N–H and O–H groups in total. The molecule has 1 aromatic carbocycles. The quantitative estimate of drug-likeness (QED) is 0.746. The number of ether oxygens (including phenoxy) is 1. The van der Waals surface area contributed by atoms with Crippen LogP contribution in [0, 0.1) is 0 Å². The van der Waals surface area contributed by atoms with Gasteiger partial charge in [0.15, 0.2) is 0 Å². The number of rotatable bonds is 2. The SMILES string of the molecule is C[C@@H]1CC[C@@H](Cc2ccc(C(C)(C)C)cc2)O1. The first-order valence-corrected chi connectivity index (χ1v) is 6.70. The number of hydrogen-bond acceptors (Lipinski definition) is 1. The van der Waals surface area contributed by atoms with E-state index in [-0.39, 0.29) is 5.41 Å². The standard InChI is InChI=1S/C16H24O/c1-12-5-10-15(17-12)11-13-6-8-14(9-7-13)16(2,3)4/h6-9,12,15H,5,10-11H2,1-4H3/t12-,15+/m1/s1. The summed E-state index contributed by atoms with van der Waals surface area (Å²) in [5.41, 5.74) is 3.05. The molecule has 0 spiro atoms. The van der Waals surface area contributed by atoms with E-state index in [4.69, 9.17) is 4.74 Å². The third-order valence-corrected chi connectivity index (χ3v) is 3.60. The average molecular weight is 232 g/mol. The van der Waals surface area contributed by atoms with Gasteiger partial charge in [-0.2, -0.15) is 0 Å². The zero-order valence-electron chi connectivity index (χ0n) is 11.5. The fraction of sp³-hybridized carbons (Fsp3) is 0.625. The molecule has 17 heavy (non-hydrogen) atoms. The molecule has 1 aliphatic rings. The Labute approximate surface area is 105 Å². The van der Waals surface area contributed by atoms with Crippen molar-refractivity contribution in [1.29, 1.82) is 0 Å². The first-order chi connectivity index (χ1) is 7.95. The van der Waals surface area contributed by atoms with E-state index < -0.39 is 0 Å². The molecule has 94 valence electrons. The van der Waals surface area contributed by atoms with Crippen molar-refractivity contribution in [3.05, 3.63) is 35.4 Å². The van der Waals surface area contributed by atoms with Gasteiger partial charge in [0.2, 0.25) is 0 Å². The summed E-state index contributed by atoms with van der Waals surface area (Å²) in [6.07, 6.45) is 4.38. The molecular weight excluding hydrogens is 208 g/mol. The highest BCUT2D eigenvalue weighted by Crippen LogP contribution is 2.25. The predicted octanol–water partition coefficient (Wildman–Crippen LogP) is 4.09. The topological polar surface area (TPSA) is 9.23 Å². The van der Waals surface area contributed by atoms with Gasteiger partial charge in [-0.1, -0.05) is 45.0 Å². The Morgan fingerprint density at radius 2 is 1.76 bits per heavy atom. The molecule has 0 aromatic heterocycles. The minimum absolute atomic E-state index is 0.247. The van der Waals surface area contributed by atoms with E-state index in [1.165, 1.54) is 24.0 Å². The normalized spacial score (nSPS) is 25.2. The Morgan fingerprint density at radius 3 is 2.24 bits per heavy atom.